The second-order valence-corrected chi connectivity index (χ2v) is 8.97. The molecule has 1 saturated heterocycles. The van der Waals surface area contributed by atoms with E-state index >= 15 is 0 Å². The van der Waals surface area contributed by atoms with Crippen molar-refractivity contribution in [2.45, 2.75) is 39.2 Å². The Morgan fingerprint density at radius 3 is 2.12 bits per heavy atom. The zero-order valence-corrected chi connectivity index (χ0v) is 20.3. The van der Waals surface area contributed by atoms with Gasteiger partial charge < -0.3 is 19.9 Å². The first-order chi connectivity index (χ1) is 16.4. The Morgan fingerprint density at radius 2 is 1.53 bits per heavy atom. The smallest absolute Gasteiger partial charge is 0.251 e. The van der Waals surface area contributed by atoms with E-state index in [1.54, 1.807) is 36.3 Å². The summed E-state index contributed by atoms with van der Waals surface area (Å²) < 4.78 is 5.13. The highest BCUT2D eigenvalue weighted by atomic mass is 16.5. The quantitative estimate of drug-likeness (QED) is 0.617. The molecule has 3 rings (SSSR count). The van der Waals surface area contributed by atoms with E-state index in [0.717, 1.165) is 12.8 Å². The SMILES string of the molecule is COc1ccc(C(=O)NC(C(=O)N2CCN(C(=O)CCCc3ccccc3)CC2)C(C)C)cc1. The van der Waals surface area contributed by atoms with Crippen molar-refractivity contribution in [3.05, 3.63) is 65.7 Å². The molecule has 34 heavy (non-hydrogen) atoms. The molecule has 1 N–H and O–H groups in total. The number of hydrogen-bond acceptors (Lipinski definition) is 4. The van der Waals surface area contributed by atoms with Crippen LogP contribution in [-0.2, 0) is 16.0 Å². The molecule has 2 aromatic carbocycles. The third kappa shape index (κ3) is 6.83. The van der Waals surface area contributed by atoms with Gasteiger partial charge in [0.15, 0.2) is 0 Å². The number of carbonyl (C=O) groups is 3. The van der Waals surface area contributed by atoms with Crippen LogP contribution in [0.3, 0.4) is 0 Å². The predicted octanol–water partition coefficient (Wildman–Crippen LogP) is 3.14. The number of aryl methyl sites for hydroxylation is 1. The van der Waals surface area contributed by atoms with Gasteiger partial charge in [-0.3, -0.25) is 14.4 Å². The van der Waals surface area contributed by atoms with Crippen LogP contribution in [0, 0.1) is 5.92 Å². The van der Waals surface area contributed by atoms with Crippen molar-refractivity contribution in [2.24, 2.45) is 5.92 Å². The summed E-state index contributed by atoms with van der Waals surface area (Å²) in [5.74, 6) is 0.346. The van der Waals surface area contributed by atoms with Crippen LogP contribution in [0.15, 0.2) is 54.6 Å². The fourth-order valence-corrected chi connectivity index (χ4v) is 4.10. The van der Waals surface area contributed by atoms with Crippen molar-refractivity contribution < 1.29 is 19.1 Å². The summed E-state index contributed by atoms with van der Waals surface area (Å²) in [4.78, 5) is 42.1. The van der Waals surface area contributed by atoms with E-state index in [4.69, 9.17) is 4.74 Å². The number of hydrogen-bond donors (Lipinski definition) is 1. The number of piperazine rings is 1. The number of nitrogens with one attached hydrogen (secondary N) is 1. The fraction of sp³-hybridized carbons (Fsp3) is 0.444. The summed E-state index contributed by atoms with van der Waals surface area (Å²) >= 11 is 0. The van der Waals surface area contributed by atoms with Gasteiger partial charge >= 0.3 is 0 Å². The van der Waals surface area contributed by atoms with E-state index in [0.29, 0.717) is 43.9 Å². The third-order valence-electron chi connectivity index (χ3n) is 6.21. The lowest BCUT2D eigenvalue weighted by atomic mass is 10.0. The summed E-state index contributed by atoms with van der Waals surface area (Å²) in [6, 6.07) is 16.3. The summed E-state index contributed by atoms with van der Waals surface area (Å²) in [5.41, 5.74) is 1.72. The lowest BCUT2D eigenvalue weighted by molar-refractivity contribution is -0.141. The Labute approximate surface area is 202 Å². The van der Waals surface area contributed by atoms with Crippen molar-refractivity contribution in [2.75, 3.05) is 33.3 Å². The maximum atomic E-state index is 13.2. The Bertz CT molecular complexity index is 952. The van der Waals surface area contributed by atoms with Crippen LogP contribution in [0.25, 0.3) is 0 Å². The zero-order valence-electron chi connectivity index (χ0n) is 20.3. The van der Waals surface area contributed by atoms with Crippen LogP contribution < -0.4 is 10.1 Å². The number of benzene rings is 2. The van der Waals surface area contributed by atoms with E-state index < -0.39 is 6.04 Å². The predicted molar refractivity (Wildman–Crippen MR) is 132 cm³/mol. The van der Waals surface area contributed by atoms with Crippen molar-refractivity contribution >= 4 is 17.7 Å². The Kier molecular flexibility index (Phi) is 9.08. The van der Waals surface area contributed by atoms with E-state index in [9.17, 15) is 14.4 Å². The van der Waals surface area contributed by atoms with Gasteiger partial charge in [-0.25, -0.2) is 0 Å². The lowest BCUT2D eigenvalue weighted by Gasteiger charge is -2.37. The summed E-state index contributed by atoms with van der Waals surface area (Å²) in [6.07, 6.45) is 2.21. The first-order valence-electron chi connectivity index (χ1n) is 11.9. The highest BCUT2D eigenvalue weighted by molar-refractivity contribution is 5.97. The molecule has 1 unspecified atom stereocenters. The standard InChI is InChI=1S/C27H35N3O4/c1-20(2)25(28-26(32)22-12-14-23(34-3)15-13-22)27(33)30-18-16-29(17-19-30)24(31)11-7-10-21-8-5-4-6-9-21/h4-6,8-9,12-15,20,25H,7,10-11,16-19H2,1-3H3,(H,28,32). The molecule has 0 saturated carbocycles. The van der Waals surface area contributed by atoms with Crippen LogP contribution in [0.4, 0.5) is 0 Å². The molecule has 0 radical (unpaired) electrons. The van der Waals surface area contributed by atoms with Crippen LogP contribution in [-0.4, -0.2) is 66.9 Å². The number of amides is 3. The number of rotatable bonds is 9. The monoisotopic (exact) mass is 465 g/mol. The van der Waals surface area contributed by atoms with Gasteiger partial charge in [0.25, 0.3) is 5.91 Å². The topological polar surface area (TPSA) is 79.0 Å². The lowest BCUT2D eigenvalue weighted by Crippen LogP contribution is -2.57. The molecule has 1 fully saturated rings. The number of methoxy groups -OCH3 is 1. The molecule has 7 nitrogen and oxygen atoms in total. The minimum atomic E-state index is -0.622. The second-order valence-electron chi connectivity index (χ2n) is 8.97. The minimum absolute atomic E-state index is 0.0626. The Hall–Kier alpha value is -3.35. The van der Waals surface area contributed by atoms with Gasteiger partial charge in [0.1, 0.15) is 11.8 Å². The molecule has 1 atom stereocenters. The van der Waals surface area contributed by atoms with Gasteiger partial charge in [-0.05, 0) is 48.6 Å². The molecule has 182 valence electrons. The van der Waals surface area contributed by atoms with Crippen molar-refractivity contribution in [1.29, 1.82) is 0 Å². The minimum Gasteiger partial charge on any atom is -0.497 e. The Morgan fingerprint density at radius 1 is 0.912 bits per heavy atom. The fourth-order valence-electron chi connectivity index (χ4n) is 4.10. The summed E-state index contributed by atoms with van der Waals surface area (Å²) in [5, 5.41) is 2.89. The van der Waals surface area contributed by atoms with Crippen LogP contribution in [0.5, 0.6) is 5.75 Å². The van der Waals surface area contributed by atoms with Gasteiger partial charge in [-0.2, -0.15) is 0 Å². The van der Waals surface area contributed by atoms with E-state index in [-0.39, 0.29) is 23.6 Å². The van der Waals surface area contributed by atoms with Crippen molar-refractivity contribution in [3.8, 4) is 5.75 Å². The molecular weight excluding hydrogens is 430 g/mol. The summed E-state index contributed by atoms with van der Waals surface area (Å²) in [7, 11) is 1.57. The van der Waals surface area contributed by atoms with Gasteiger partial charge in [-0.1, -0.05) is 44.2 Å². The van der Waals surface area contributed by atoms with Crippen molar-refractivity contribution in [1.82, 2.24) is 15.1 Å². The van der Waals surface area contributed by atoms with Gasteiger partial charge in [-0.15, -0.1) is 0 Å². The van der Waals surface area contributed by atoms with Crippen LogP contribution in [0.1, 0.15) is 42.6 Å². The average molecular weight is 466 g/mol. The summed E-state index contributed by atoms with van der Waals surface area (Å²) in [6.45, 7) is 5.84. The highest BCUT2D eigenvalue weighted by Crippen LogP contribution is 2.15. The zero-order chi connectivity index (χ0) is 24.5. The molecule has 0 aliphatic carbocycles. The molecule has 0 bridgehead atoms. The number of nitrogens with zero attached hydrogens (tertiary/aromatic N) is 2. The maximum Gasteiger partial charge on any atom is 0.251 e. The second kappa shape index (κ2) is 12.2. The van der Waals surface area contributed by atoms with Crippen molar-refractivity contribution in [3.63, 3.8) is 0 Å². The molecule has 0 spiro atoms. The molecule has 7 heteroatoms. The molecule has 1 aliphatic rings. The molecule has 0 aromatic heterocycles. The number of ether oxygens (including phenoxy) is 1. The average Bonchev–Trinajstić information content (AvgIpc) is 2.87. The molecule has 1 heterocycles. The Balaban J connectivity index is 1.48. The third-order valence-corrected chi connectivity index (χ3v) is 6.21. The molecule has 1 aliphatic heterocycles. The van der Waals surface area contributed by atoms with Gasteiger partial charge in [0.2, 0.25) is 11.8 Å². The highest BCUT2D eigenvalue weighted by Gasteiger charge is 2.31. The first-order valence-corrected chi connectivity index (χ1v) is 11.9. The van der Waals surface area contributed by atoms with Gasteiger partial charge in [0, 0.05) is 38.2 Å². The van der Waals surface area contributed by atoms with Gasteiger partial charge in [0.05, 0.1) is 7.11 Å². The van der Waals surface area contributed by atoms with E-state index in [2.05, 4.69) is 17.4 Å². The van der Waals surface area contributed by atoms with Crippen LogP contribution in [0.2, 0.25) is 0 Å². The van der Waals surface area contributed by atoms with Crippen LogP contribution >= 0.6 is 0 Å². The van der Waals surface area contributed by atoms with E-state index in [1.165, 1.54) is 5.56 Å². The largest absolute Gasteiger partial charge is 0.497 e. The maximum absolute atomic E-state index is 13.2. The molecule has 3 amide bonds. The normalized spacial score (nSPS) is 14.6. The molecular formula is C27H35N3O4. The number of carbonyl (C=O) groups excluding carboxylic acids is 3. The molecule has 2 aromatic rings. The van der Waals surface area contributed by atoms with E-state index in [1.807, 2.05) is 36.9 Å². The first kappa shape index (κ1) is 25.3.